The molecule has 23 heavy (non-hydrogen) atoms. The van der Waals surface area contributed by atoms with Crippen molar-refractivity contribution in [2.45, 2.75) is 30.2 Å². The van der Waals surface area contributed by atoms with Gasteiger partial charge in [0.1, 0.15) is 11.6 Å². The first-order valence-electron chi connectivity index (χ1n) is 7.49. The molecule has 2 aromatic rings. The minimum absolute atomic E-state index is 0.102. The lowest BCUT2D eigenvalue weighted by Gasteiger charge is -2.24. The fourth-order valence-electron chi connectivity index (χ4n) is 2.96. The Morgan fingerprint density at radius 2 is 1.52 bits per heavy atom. The van der Waals surface area contributed by atoms with Crippen molar-refractivity contribution in [2.24, 2.45) is 0 Å². The van der Waals surface area contributed by atoms with Crippen LogP contribution in [0.3, 0.4) is 0 Å². The lowest BCUT2D eigenvalue weighted by atomic mass is 10.0. The van der Waals surface area contributed by atoms with E-state index in [0.717, 1.165) is 30.5 Å². The zero-order chi connectivity index (χ0) is 16.4. The van der Waals surface area contributed by atoms with Gasteiger partial charge in [-0.1, -0.05) is 12.1 Å². The maximum atomic E-state index is 13.0. The molecule has 1 aliphatic heterocycles. The van der Waals surface area contributed by atoms with Crippen LogP contribution in [0.2, 0.25) is 0 Å². The SMILES string of the molecule is O=S(=O)(c1ccc(F)cc1)N1CCCC1Cc1ccc(F)cc1. The Bertz CT molecular complexity index is 773. The van der Waals surface area contributed by atoms with E-state index in [2.05, 4.69) is 0 Å². The first-order chi connectivity index (χ1) is 11.0. The van der Waals surface area contributed by atoms with Crippen molar-refractivity contribution >= 4 is 10.0 Å². The summed E-state index contributed by atoms with van der Waals surface area (Å²) in [4.78, 5) is 0.102. The van der Waals surface area contributed by atoms with Gasteiger partial charge in [0.2, 0.25) is 10.0 Å². The van der Waals surface area contributed by atoms with E-state index < -0.39 is 15.8 Å². The van der Waals surface area contributed by atoms with E-state index in [-0.39, 0.29) is 16.8 Å². The smallest absolute Gasteiger partial charge is 0.207 e. The number of hydrogen-bond acceptors (Lipinski definition) is 2. The third kappa shape index (κ3) is 3.43. The van der Waals surface area contributed by atoms with E-state index in [9.17, 15) is 17.2 Å². The Labute approximate surface area is 134 Å². The monoisotopic (exact) mass is 337 g/mol. The van der Waals surface area contributed by atoms with Crippen molar-refractivity contribution in [3.05, 3.63) is 65.7 Å². The molecule has 0 saturated carbocycles. The zero-order valence-electron chi connectivity index (χ0n) is 12.5. The second-order valence-electron chi connectivity index (χ2n) is 5.70. The second-order valence-corrected chi connectivity index (χ2v) is 7.59. The summed E-state index contributed by atoms with van der Waals surface area (Å²) >= 11 is 0. The summed E-state index contributed by atoms with van der Waals surface area (Å²) in [6, 6.07) is 10.8. The van der Waals surface area contributed by atoms with E-state index in [1.807, 2.05) is 0 Å². The lowest BCUT2D eigenvalue weighted by Crippen LogP contribution is -2.36. The van der Waals surface area contributed by atoms with E-state index in [1.54, 1.807) is 12.1 Å². The van der Waals surface area contributed by atoms with Crippen LogP contribution < -0.4 is 0 Å². The molecule has 0 radical (unpaired) electrons. The minimum atomic E-state index is -3.64. The highest BCUT2D eigenvalue weighted by molar-refractivity contribution is 7.89. The molecule has 122 valence electrons. The van der Waals surface area contributed by atoms with Crippen LogP contribution in [-0.4, -0.2) is 25.3 Å². The van der Waals surface area contributed by atoms with Gasteiger partial charge in [-0.05, 0) is 61.2 Å². The average molecular weight is 337 g/mol. The highest BCUT2D eigenvalue weighted by Gasteiger charge is 2.35. The molecule has 1 heterocycles. The largest absolute Gasteiger partial charge is 0.243 e. The summed E-state index contributed by atoms with van der Waals surface area (Å²) in [5.41, 5.74) is 0.901. The molecule has 1 atom stereocenters. The lowest BCUT2D eigenvalue weighted by molar-refractivity contribution is 0.385. The third-order valence-corrected chi connectivity index (χ3v) is 6.09. The zero-order valence-corrected chi connectivity index (χ0v) is 13.3. The van der Waals surface area contributed by atoms with Crippen LogP contribution in [0, 0.1) is 11.6 Å². The van der Waals surface area contributed by atoms with Gasteiger partial charge in [0.15, 0.2) is 0 Å². The number of hydrogen-bond donors (Lipinski definition) is 0. The topological polar surface area (TPSA) is 37.4 Å². The van der Waals surface area contributed by atoms with Crippen LogP contribution in [0.15, 0.2) is 53.4 Å². The van der Waals surface area contributed by atoms with Gasteiger partial charge in [0.05, 0.1) is 4.90 Å². The van der Waals surface area contributed by atoms with Crippen molar-refractivity contribution in [3.8, 4) is 0 Å². The summed E-state index contributed by atoms with van der Waals surface area (Å²) in [6.45, 7) is 0.450. The molecule has 3 rings (SSSR count). The fourth-order valence-corrected chi connectivity index (χ4v) is 4.66. The minimum Gasteiger partial charge on any atom is -0.207 e. The summed E-state index contributed by atoms with van der Waals surface area (Å²) in [6.07, 6.45) is 2.09. The molecule has 0 bridgehead atoms. The first kappa shape index (κ1) is 16.1. The second kappa shape index (κ2) is 6.37. The highest BCUT2D eigenvalue weighted by Crippen LogP contribution is 2.28. The van der Waals surface area contributed by atoms with Gasteiger partial charge in [0, 0.05) is 12.6 Å². The molecule has 0 aromatic heterocycles. The normalized spacial score (nSPS) is 19.1. The number of nitrogens with zero attached hydrogens (tertiary/aromatic N) is 1. The number of halogens is 2. The van der Waals surface area contributed by atoms with Gasteiger partial charge in [0.25, 0.3) is 0 Å². The van der Waals surface area contributed by atoms with E-state index in [4.69, 9.17) is 0 Å². The van der Waals surface area contributed by atoms with Gasteiger partial charge < -0.3 is 0 Å². The highest BCUT2D eigenvalue weighted by atomic mass is 32.2. The summed E-state index contributed by atoms with van der Waals surface area (Å²) in [7, 11) is -3.64. The maximum absolute atomic E-state index is 13.0. The third-order valence-electron chi connectivity index (χ3n) is 4.13. The van der Waals surface area contributed by atoms with Crippen molar-refractivity contribution in [1.82, 2.24) is 4.31 Å². The van der Waals surface area contributed by atoms with Crippen molar-refractivity contribution < 1.29 is 17.2 Å². The van der Waals surface area contributed by atoms with E-state index in [1.165, 1.54) is 28.6 Å². The molecule has 0 spiro atoms. The Balaban J connectivity index is 1.83. The Morgan fingerprint density at radius 1 is 0.957 bits per heavy atom. The Hall–Kier alpha value is -1.79. The molecule has 1 saturated heterocycles. The summed E-state index contributed by atoms with van der Waals surface area (Å²) < 4.78 is 53.0. The maximum Gasteiger partial charge on any atom is 0.243 e. The standard InChI is InChI=1S/C17H17F2NO2S/c18-14-5-3-13(4-6-14)12-16-2-1-11-20(16)23(21,22)17-9-7-15(19)8-10-17/h3-10,16H,1-2,11-12H2. The first-order valence-corrected chi connectivity index (χ1v) is 8.93. The molecule has 6 heteroatoms. The van der Waals surface area contributed by atoms with Gasteiger partial charge in [-0.15, -0.1) is 0 Å². The van der Waals surface area contributed by atoms with Crippen LogP contribution in [0.25, 0.3) is 0 Å². The van der Waals surface area contributed by atoms with Crippen LogP contribution in [0.1, 0.15) is 18.4 Å². The molecule has 1 fully saturated rings. The molecular weight excluding hydrogens is 320 g/mol. The quantitative estimate of drug-likeness (QED) is 0.858. The number of benzene rings is 2. The van der Waals surface area contributed by atoms with Crippen LogP contribution in [0.4, 0.5) is 8.78 Å². The van der Waals surface area contributed by atoms with Crippen molar-refractivity contribution in [2.75, 3.05) is 6.54 Å². The summed E-state index contributed by atoms with van der Waals surface area (Å²) in [5, 5.41) is 0. The summed E-state index contributed by atoms with van der Waals surface area (Å²) in [5.74, 6) is -0.774. The van der Waals surface area contributed by atoms with Crippen LogP contribution >= 0.6 is 0 Å². The number of rotatable bonds is 4. The predicted octanol–water partition coefficient (Wildman–Crippen LogP) is 3.36. The van der Waals surface area contributed by atoms with Gasteiger partial charge in [-0.3, -0.25) is 0 Å². The van der Waals surface area contributed by atoms with Gasteiger partial charge in [-0.2, -0.15) is 4.31 Å². The van der Waals surface area contributed by atoms with Gasteiger partial charge in [-0.25, -0.2) is 17.2 Å². The predicted molar refractivity (Wildman–Crippen MR) is 83.4 cm³/mol. The molecule has 0 N–H and O–H groups in total. The van der Waals surface area contributed by atoms with E-state index >= 15 is 0 Å². The number of sulfonamides is 1. The molecule has 0 aliphatic carbocycles. The Kier molecular flexibility index (Phi) is 4.46. The molecular formula is C17H17F2NO2S. The molecule has 0 amide bonds. The Morgan fingerprint density at radius 3 is 2.13 bits per heavy atom. The van der Waals surface area contributed by atoms with Gasteiger partial charge >= 0.3 is 0 Å². The van der Waals surface area contributed by atoms with E-state index in [0.29, 0.717) is 13.0 Å². The fraction of sp³-hybridized carbons (Fsp3) is 0.294. The molecule has 1 unspecified atom stereocenters. The van der Waals surface area contributed by atoms with Crippen molar-refractivity contribution in [1.29, 1.82) is 0 Å². The average Bonchev–Trinajstić information content (AvgIpc) is 2.99. The van der Waals surface area contributed by atoms with Crippen LogP contribution in [0.5, 0.6) is 0 Å². The van der Waals surface area contributed by atoms with Crippen LogP contribution in [-0.2, 0) is 16.4 Å². The molecule has 3 nitrogen and oxygen atoms in total. The van der Waals surface area contributed by atoms with Crippen molar-refractivity contribution in [3.63, 3.8) is 0 Å². The molecule has 2 aromatic carbocycles. The molecule has 1 aliphatic rings.